The van der Waals surface area contributed by atoms with Crippen molar-refractivity contribution < 1.29 is 19.8 Å². The third-order valence-electron chi connectivity index (χ3n) is 2.13. The first kappa shape index (κ1) is 13.0. The Kier molecular flexibility index (Phi) is 3.91. The molecule has 1 aromatic carbocycles. The van der Waals surface area contributed by atoms with E-state index in [1.54, 1.807) is 0 Å². The monoisotopic (exact) mass is 262 g/mol. The molecule has 1 rings (SSSR count). The van der Waals surface area contributed by atoms with Crippen LogP contribution in [0.3, 0.4) is 0 Å². The largest absolute Gasteiger partial charge is 0.479 e. The molecule has 1 atom stereocenters. The number of aldehydes is 1. The smallest absolute Gasteiger partial charge is 0.340 e. The van der Waals surface area contributed by atoms with Crippen LogP contribution >= 0.6 is 23.2 Å². The van der Waals surface area contributed by atoms with Crippen LogP contribution in [-0.2, 0) is 15.2 Å². The average Bonchev–Trinajstić information content (AvgIpc) is 2.22. The Labute approximate surface area is 101 Å². The first-order valence-electron chi connectivity index (χ1n) is 4.26. The lowest BCUT2D eigenvalue weighted by molar-refractivity contribution is -0.161. The van der Waals surface area contributed by atoms with Gasteiger partial charge in [-0.2, -0.15) is 0 Å². The number of aliphatic hydroxyl groups is 1. The van der Waals surface area contributed by atoms with Crippen molar-refractivity contribution in [2.45, 2.75) is 12.0 Å². The highest BCUT2D eigenvalue weighted by Gasteiger charge is 2.37. The zero-order valence-electron chi connectivity index (χ0n) is 7.98. The van der Waals surface area contributed by atoms with Crippen LogP contribution in [0.5, 0.6) is 0 Å². The van der Waals surface area contributed by atoms with Crippen molar-refractivity contribution in [3.63, 3.8) is 0 Å². The van der Waals surface area contributed by atoms with Crippen molar-refractivity contribution in [1.82, 2.24) is 0 Å². The van der Waals surface area contributed by atoms with Gasteiger partial charge in [-0.3, -0.25) is 0 Å². The van der Waals surface area contributed by atoms with Gasteiger partial charge in [0.15, 0.2) is 5.60 Å². The van der Waals surface area contributed by atoms with Gasteiger partial charge < -0.3 is 15.0 Å². The second kappa shape index (κ2) is 4.82. The van der Waals surface area contributed by atoms with Gasteiger partial charge in [0.2, 0.25) is 0 Å². The van der Waals surface area contributed by atoms with Crippen LogP contribution in [0.2, 0.25) is 10.0 Å². The van der Waals surface area contributed by atoms with Gasteiger partial charge in [0.05, 0.1) is 10.0 Å². The molecule has 1 aromatic rings. The third kappa shape index (κ3) is 2.35. The second-order valence-corrected chi connectivity index (χ2v) is 3.98. The van der Waals surface area contributed by atoms with Crippen molar-refractivity contribution in [2.24, 2.45) is 0 Å². The quantitative estimate of drug-likeness (QED) is 0.813. The molecule has 0 saturated carbocycles. The van der Waals surface area contributed by atoms with E-state index in [4.69, 9.17) is 28.3 Å². The van der Waals surface area contributed by atoms with Crippen molar-refractivity contribution in [2.75, 3.05) is 0 Å². The topological polar surface area (TPSA) is 74.6 Å². The van der Waals surface area contributed by atoms with Gasteiger partial charge in [-0.25, -0.2) is 4.79 Å². The first-order valence-corrected chi connectivity index (χ1v) is 5.02. The summed E-state index contributed by atoms with van der Waals surface area (Å²) in [7, 11) is 0. The minimum Gasteiger partial charge on any atom is -0.479 e. The highest BCUT2D eigenvalue weighted by Crippen LogP contribution is 2.30. The maximum atomic E-state index is 10.9. The number of carbonyl (C=O) groups excluding carboxylic acids is 1. The Bertz CT molecular complexity index is 433. The lowest BCUT2D eigenvalue weighted by Crippen LogP contribution is -2.36. The zero-order valence-corrected chi connectivity index (χ0v) is 9.50. The summed E-state index contributed by atoms with van der Waals surface area (Å²) in [6, 6.07) is 3.89. The third-order valence-corrected chi connectivity index (χ3v) is 2.87. The fourth-order valence-electron chi connectivity index (χ4n) is 1.20. The van der Waals surface area contributed by atoms with E-state index in [9.17, 15) is 14.7 Å². The molecular weight excluding hydrogens is 255 g/mol. The lowest BCUT2D eigenvalue weighted by atomic mass is 9.91. The van der Waals surface area contributed by atoms with Gasteiger partial charge >= 0.3 is 5.97 Å². The maximum Gasteiger partial charge on any atom is 0.340 e. The molecule has 0 aliphatic carbocycles. The molecule has 0 spiro atoms. The number of benzene rings is 1. The van der Waals surface area contributed by atoms with Gasteiger partial charge in [-0.15, -0.1) is 0 Å². The number of aliphatic carboxylic acids is 1. The van der Waals surface area contributed by atoms with E-state index in [-0.39, 0.29) is 15.6 Å². The number of carboxylic acid groups (broad SMARTS) is 1. The Balaban J connectivity index is 3.26. The molecule has 6 heteroatoms. The van der Waals surface area contributed by atoms with Crippen molar-refractivity contribution in [1.29, 1.82) is 0 Å². The van der Waals surface area contributed by atoms with Gasteiger partial charge in [-0.05, 0) is 17.7 Å². The lowest BCUT2D eigenvalue weighted by Gasteiger charge is -2.21. The van der Waals surface area contributed by atoms with Crippen LogP contribution in [0.25, 0.3) is 0 Å². The first-order chi connectivity index (χ1) is 7.41. The molecule has 0 heterocycles. The molecule has 0 bridgehead atoms. The summed E-state index contributed by atoms with van der Waals surface area (Å²) in [4.78, 5) is 21.3. The molecule has 2 N–H and O–H groups in total. The molecule has 86 valence electrons. The maximum absolute atomic E-state index is 10.9. The summed E-state index contributed by atoms with van der Waals surface area (Å²) < 4.78 is 0. The molecule has 0 unspecified atom stereocenters. The molecular formula is C10H8Cl2O4. The van der Waals surface area contributed by atoms with E-state index >= 15 is 0 Å². The summed E-state index contributed by atoms with van der Waals surface area (Å²) in [6.07, 6.45) is -0.225. The average molecular weight is 263 g/mol. The fraction of sp³-hybridized carbons (Fsp3) is 0.200. The number of rotatable bonds is 4. The Morgan fingerprint density at radius 1 is 1.38 bits per heavy atom. The number of halogens is 2. The molecule has 0 saturated heterocycles. The minimum atomic E-state index is -2.27. The van der Waals surface area contributed by atoms with E-state index in [1.165, 1.54) is 18.2 Å². The van der Waals surface area contributed by atoms with Crippen molar-refractivity contribution in [3.8, 4) is 0 Å². The van der Waals surface area contributed by atoms with E-state index < -0.39 is 18.0 Å². The summed E-state index contributed by atoms with van der Waals surface area (Å²) in [5, 5.41) is 19.1. The van der Waals surface area contributed by atoms with E-state index in [2.05, 4.69) is 0 Å². The predicted octanol–water partition coefficient (Wildman–Crippen LogP) is 1.85. The summed E-state index contributed by atoms with van der Waals surface area (Å²) >= 11 is 11.4. The van der Waals surface area contributed by atoms with Gasteiger partial charge in [0, 0.05) is 6.42 Å². The number of carboxylic acids is 1. The summed E-state index contributed by atoms with van der Waals surface area (Å²) in [5.41, 5.74) is -2.25. The van der Waals surface area contributed by atoms with Crippen LogP contribution in [-0.4, -0.2) is 22.5 Å². The molecule has 0 aliphatic rings. The Morgan fingerprint density at radius 3 is 2.44 bits per heavy atom. The van der Waals surface area contributed by atoms with Crippen LogP contribution in [0.15, 0.2) is 18.2 Å². The van der Waals surface area contributed by atoms with Crippen molar-refractivity contribution in [3.05, 3.63) is 33.8 Å². The molecule has 4 nitrogen and oxygen atoms in total. The van der Waals surface area contributed by atoms with E-state index in [0.29, 0.717) is 6.29 Å². The number of hydrogen-bond acceptors (Lipinski definition) is 3. The molecule has 0 amide bonds. The normalized spacial score (nSPS) is 14.2. The van der Waals surface area contributed by atoms with Gasteiger partial charge in [0.1, 0.15) is 6.29 Å². The fourth-order valence-corrected chi connectivity index (χ4v) is 1.50. The predicted molar refractivity (Wildman–Crippen MR) is 58.7 cm³/mol. The highest BCUT2D eigenvalue weighted by atomic mass is 35.5. The van der Waals surface area contributed by atoms with Crippen LogP contribution in [0.4, 0.5) is 0 Å². The standard InChI is InChI=1S/C10H8Cl2O4/c11-7-2-1-6(5-8(7)12)10(16,3-4-13)9(14)15/h1-2,4-5,16H,3H2,(H,14,15)/t10-/m0/s1. The van der Waals surface area contributed by atoms with Crippen LogP contribution in [0, 0.1) is 0 Å². The molecule has 16 heavy (non-hydrogen) atoms. The van der Waals surface area contributed by atoms with Gasteiger partial charge in [0.25, 0.3) is 0 Å². The van der Waals surface area contributed by atoms with Gasteiger partial charge in [-0.1, -0.05) is 29.3 Å². The second-order valence-electron chi connectivity index (χ2n) is 3.17. The minimum absolute atomic E-state index is 0.0153. The highest BCUT2D eigenvalue weighted by molar-refractivity contribution is 6.42. The Morgan fingerprint density at radius 2 is 2.00 bits per heavy atom. The number of hydrogen-bond donors (Lipinski definition) is 2. The number of carbonyl (C=O) groups is 2. The SMILES string of the molecule is O=CC[C@@](O)(C(=O)O)c1ccc(Cl)c(Cl)c1. The summed E-state index contributed by atoms with van der Waals surface area (Å²) in [5.74, 6) is -1.52. The molecule has 0 fully saturated rings. The molecule has 0 aliphatic heterocycles. The van der Waals surface area contributed by atoms with Crippen LogP contribution in [0.1, 0.15) is 12.0 Å². The zero-order chi connectivity index (χ0) is 12.3. The van der Waals surface area contributed by atoms with Crippen LogP contribution < -0.4 is 0 Å². The molecule has 0 radical (unpaired) electrons. The van der Waals surface area contributed by atoms with E-state index in [0.717, 1.165) is 0 Å². The molecule has 0 aromatic heterocycles. The summed E-state index contributed by atoms with van der Waals surface area (Å²) in [6.45, 7) is 0. The Hall–Kier alpha value is -1.10. The van der Waals surface area contributed by atoms with Crippen molar-refractivity contribution >= 4 is 35.5 Å². The van der Waals surface area contributed by atoms with E-state index in [1.807, 2.05) is 0 Å².